The van der Waals surface area contributed by atoms with Crippen molar-refractivity contribution in [1.29, 1.82) is 0 Å². The Labute approximate surface area is 115 Å². The topological polar surface area (TPSA) is 98.0 Å². The van der Waals surface area contributed by atoms with E-state index in [2.05, 4.69) is 14.9 Å². The summed E-state index contributed by atoms with van der Waals surface area (Å²) in [6.45, 7) is 1.91. The van der Waals surface area contributed by atoms with E-state index in [1.165, 1.54) is 0 Å². The molecule has 0 radical (unpaired) electrons. The Hall–Kier alpha value is -1.51. The van der Waals surface area contributed by atoms with Gasteiger partial charge in [0, 0.05) is 6.04 Å². The van der Waals surface area contributed by atoms with Gasteiger partial charge in [-0.15, -0.1) is 10.2 Å². The third kappa shape index (κ3) is 3.28. The summed E-state index contributed by atoms with van der Waals surface area (Å²) in [7, 11) is -3.68. The van der Waals surface area contributed by atoms with Crippen LogP contribution in [0, 0.1) is 0 Å². The number of rotatable bonds is 5. The molecule has 1 atom stereocenters. The van der Waals surface area contributed by atoms with Crippen molar-refractivity contribution in [3.05, 3.63) is 35.9 Å². The molecule has 0 amide bonds. The van der Waals surface area contributed by atoms with Crippen LogP contribution >= 0.6 is 11.3 Å². The van der Waals surface area contributed by atoms with Crippen LogP contribution in [0.5, 0.6) is 0 Å². The number of nitrogens with one attached hydrogen (secondary N) is 1. The van der Waals surface area contributed by atoms with Crippen LogP contribution in [-0.4, -0.2) is 18.6 Å². The lowest BCUT2D eigenvalue weighted by Gasteiger charge is -2.16. The molecule has 0 saturated heterocycles. The number of nitrogen functional groups attached to an aromatic ring is 1. The standard InChI is InChI=1S/C11H14N4O2S2/c1-2-9(8-6-4-3-5-7-8)15-19(16,17)11-14-13-10(12)18-11/h3-7,9,15H,2H2,1H3,(H2,12,13). The zero-order valence-corrected chi connectivity index (χ0v) is 11.9. The van der Waals surface area contributed by atoms with Gasteiger partial charge in [0.2, 0.25) is 9.47 Å². The summed E-state index contributed by atoms with van der Waals surface area (Å²) in [6.07, 6.45) is 0.636. The van der Waals surface area contributed by atoms with Crippen molar-refractivity contribution in [3.63, 3.8) is 0 Å². The normalized spacial score (nSPS) is 13.3. The molecule has 3 N–H and O–H groups in total. The molecule has 0 aliphatic rings. The molecular formula is C11H14N4O2S2. The summed E-state index contributed by atoms with van der Waals surface area (Å²) in [4.78, 5) is 0. The Kier molecular flexibility index (Phi) is 4.13. The fourth-order valence-electron chi connectivity index (χ4n) is 1.64. The first-order chi connectivity index (χ1) is 9.03. The molecule has 1 aromatic heterocycles. The van der Waals surface area contributed by atoms with Gasteiger partial charge >= 0.3 is 0 Å². The highest BCUT2D eigenvalue weighted by Crippen LogP contribution is 2.22. The molecule has 0 bridgehead atoms. The molecule has 1 unspecified atom stereocenters. The summed E-state index contributed by atoms with van der Waals surface area (Å²) < 4.78 is 26.8. The number of sulfonamides is 1. The zero-order valence-electron chi connectivity index (χ0n) is 10.3. The van der Waals surface area contributed by atoms with Crippen molar-refractivity contribution in [2.24, 2.45) is 0 Å². The van der Waals surface area contributed by atoms with Crippen LogP contribution in [0.2, 0.25) is 0 Å². The van der Waals surface area contributed by atoms with E-state index in [4.69, 9.17) is 5.73 Å². The van der Waals surface area contributed by atoms with E-state index >= 15 is 0 Å². The molecule has 1 heterocycles. The molecular weight excluding hydrogens is 284 g/mol. The smallest absolute Gasteiger partial charge is 0.270 e. The molecule has 0 saturated carbocycles. The van der Waals surface area contributed by atoms with E-state index in [1.54, 1.807) is 0 Å². The van der Waals surface area contributed by atoms with Gasteiger partial charge in [0.25, 0.3) is 10.0 Å². The van der Waals surface area contributed by atoms with Gasteiger partial charge < -0.3 is 5.73 Å². The van der Waals surface area contributed by atoms with Gasteiger partial charge in [-0.3, -0.25) is 0 Å². The van der Waals surface area contributed by atoms with Crippen LogP contribution in [0.25, 0.3) is 0 Å². The lowest BCUT2D eigenvalue weighted by molar-refractivity contribution is 0.548. The molecule has 0 aliphatic heterocycles. The first-order valence-corrected chi connectivity index (χ1v) is 7.99. The molecule has 19 heavy (non-hydrogen) atoms. The van der Waals surface area contributed by atoms with E-state index in [1.807, 2.05) is 37.3 Å². The van der Waals surface area contributed by atoms with Gasteiger partial charge in [-0.25, -0.2) is 13.1 Å². The van der Waals surface area contributed by atoms with E-state index in [0.29, 0.717) is 6.42 Å². The van der Waals surface area contributed by atoms with Crippen LogP contribution in [0.4, 0.5) is 5.13 Å². The van der Waals surface area contributed by atoms with Crippen molar-refractivity contribution in [2.45, 2.75) is 23.7 Å². The minimum atomic E-state index is -3.68. The predicted octanol–water partition coefficient (Wildman–Crippen LogP) is 1.55. The third-order valence-corrected chi connectivity index (χ3v) is 5.15. The number of aromatic nitrogens is 2. The van der Waals surface area contributed by atoms with Crippen LogP contribution in [0.15, 0.2) is 34.7 Å². The second kappa shape index (κ2) is 5.64. The fourth-order valence-corrected chi connectivity index (χ4v) is 3.75. The monoisotopic (exact) mass is 298 g/mol. The Morgan fingerprint density at radius 3 is 2.53 bits per heavy atom. The van der Waals surface area contributed by atoms with Crippen molar-refractivity contribution in [1.82, 2.24) is 14.9 Å². The highest BCUT2D eigenvalue weighted by atomic mass is 32.2. The average Bonchev–Trinajstić information content (AvgIpc) is 2.85. The van der Waals surface area contributed by atoms with Gasteiger partial charge in [0.05, 0.1) is 0 Å². The molecule has 8 heteroatoms. The van der Waals surface area contributed by atoms with E-state index in [9.17, 15) is 8.42 Å². The van der Waals surface area contributed by atoms with Crippen LogP contribution in [0.1, 0.15) is 24.9 Å². The van der Waals surface area contributed by atoms with Crippen molar-refractivity contribution >= 4 is 26.5 Å². The number of nitrogens with two attached hydrogens (primary N) is 1. The Balaban J connectivity index is 2.23. The summed E-state index contributed by atoms with van der Waals surface area (Å²) in [5.41, 5.74) is 6.31. The van der Waals surface area contributed by atoms with Crippen LogP contribution < -0.4 is 10.5 Å². The first-order valence-electron chi connectivity index (χ1n) is 5.69. The Morgan fingerprint density at radius 2 is 2.00 bits per heavy atom. The largest absolute Gasteiger partial charge is 0.374 e. The number of hydrogen-bond acceptors (Lipinski definition) is 6. The molecule has 102 valence electrons. The molecule has 0 fully saturated rings. The molecule has 6 nitrogen and oxygen atoms in total. The maximum atomic E-state index is 12.1. The van der Waals surface area contributed by atoms with E-state index in [0.717, 1.165) is 16.9 Å². The molecule has 2 aromatic rings. The predicted molar refractivity (Wildman–Crippen MR) is 74.1 cm³/mol. The maximum absolute atomic E-state index is 12.1. The van der Waals surface area contributed by atoms with E-state index < -0.39 is 10.0 Å². The number of anilines is 1. The van der Waals surface area contributed by atoms with Gasteiger partial charge in [-0.1, -0.05) is 48.6 Å². The van der Waals surface area contributed by atoms with Crippen molar-refractivity contribution in [2.75, 3.05) is 5.73 Å². The molecule has 2 rings (SSSR count). The summed E-state index contributed by atoms with van der Waals surface area (Å²) in [5, 5.41) is 7.21. The average molecular weight is 298 g/mol. The molecule has 0 aliphatic carbocycles. The molecule has 1 aromatic carbocycles. The summed E-state index contributed by atoms with van der Waals surface area (Å²) in [6, 6.07) is 9.09. The third-order valence-electron chi connectivity index (χ3n) is 2.56. The highest BCUT2D eigenvalue weighted by molar-refractivity contribution is 7.91. The van der Waals surface area contributed by atoms with E-state index in [-0.39, 0.29) is 15.5 Å². The zero-order chi connectivity index (χ0) is 13.9. The Morgan fingerprint density at radius 1 is 1.32 bits per heavy atom. The number of nitrogens with zero attached hydrogens (tertiary/aromatic N) is 2. The van der Waals surface area contributed by atoms with Crippen LogP contribution in [0.3, 0.4) is 0 Å². The minimum Gasteiger partial charge on any atom is -0.374 e. The molecule has 0 spiro atoms. The highest BCUT2D eigenvalue weighted by Gasteiger charge is 2.23. The number of hydrogen-bond donors (Lipinski definition) is 2. The maximum Gasteiger partial charge on any atom is 0.270 e. The van der Waals surface area contributed by atoms with Crippen molar-refractivity contribution < 1.29 is 8.42 Å². The summed E-state index contributed by atoms with van der Waals surface area (Å²) in [5.74, 6) is 0. The quantitative estimate of drug-likeness (QED) is 0.872. The first kappa shape index (κ1) is 13.9. The van der Waals surface area contributed by atoms with Crippen molar-refractivity contribution in [3.8, 4) is 0 Å². The summed E-state index contributed by atoms with van der Waals surface area (Å²) >= 11 is 0.847. The van der Waals surface area contributed by atoms with Gasteiger partial charge in [-0.2, -0.15) is 0 Å². The lowest BCUT2D eigenvalue weighted by Crippen LogP contribution is -2.28. The minimum absolute atomic E-state index is 0.112. The number of benzene rings is 1. The SMILES string of the molecule is CCC(NS(=O)(=O)c1nnc(N)s1)c1ccccc1. The fraction of sp³-hybridized carbons (Fsp3) is 0.273. The lowest BCUT2D eigenvalue weighted by atomic mass is 10.1. The van der Waals surface area contributed by atoms with Gasteiger partial charge in [0.1, 0.15) is 0 Å². The van der Waals surface area contributed by atoms with Gasteiger partial charge in [-0.05, 0) is 12.0 Å². The second-order valence-electron chi connectivity index (χ2n) is 3.90. The Bertz CT molecular complexity index is 640. The van der Waals surface area contributed by atoms with Crippen LogP contribution in [-0.2, 0) is 10.0 Å². The van der Waals surface area contributed by atoms with Gasteiger partial charge in [0.15, 0.2) is 0 Å². The second-order valence-corrected chi connectivity index (χ2v) is 6.80.